The molecule has 1 atom stereocenters. The highest BCUT2D eigenvalue weighted by atomic mass is 16.5. The van der Waals surface area contributed by atoms with Crippen LogP contribution in [0, 0.1) is 12.3 Å². The minimum Gasteiger partial charge on any atom is -0.496 e. The van der Waals surface area contributed by atoms with Gasteiger partial charge < -0.3 is 14.4 Å². The summed E-state index contributed by atoms with van der Waals surface area (Å²) in [5, 5.41) is 13.7. The van der Waals surface area contributed by atoms with Crippen LogP contribution in [0.5, 0.6) is 5.75 Å². The molecule has 1 N–H and O–H groups in total. The molecule has 0 aliphatic carbocycles. The third kappa shape index (κ3) is 3.60. The van der Waals surface area contributed by atoms with Crippen LogP contribution in [0.3, 0.4) is 0 Å². The van der Waals surface area contributed by atoms with Crippen LogP contribution in [0.15, 0.2) is 22.7 Å². The van der Waals surface area contributed by atoms with E-state index in [9.17, 15) is 5.11 Å². The molecule has 1 aromatic heterocycles. The van der Waals surface area contributed by atoms with E-state index in [1.54, 1.807) is 7.11 Å². The van der Waals surface area contributed by atoms with Gasteiger partial charge in [0.25, 0.3) is 0 Å². The predicted octanol–water partition coefficient (Wildman–Crippen LogP) is 2.65. The molecule has 24 heavy (non-hydrogen) atoms. The van der Waals surface area contributed by atoms with Crippen molar-refractivity contribution in [1.29, 1.82) is 0 Å². The SMILES string of the molecule is COc1cc(-c2noc(CN3CCCC(C)(CO)C3)n2)ccc1C. The first-order valence-corrected chi connectivity index (χ1v) is 8.34. The average Bonchev–Trinajstić information content (AvgIpc) is 3.04. The quantitative estimate of drug-likeness (QED) is 0.908. The minimum atomic E-state index is -0.0363. The number of aryl methyl sites for hydroxylation is 1. The maximum absolute atomic E-state index is 9.57. The van der Waals surface area contributed by atoms with Crippen molar-refractivity contribution in [2.75, 3.05) is 26.8 Å². The highest BCUT2D eigenvalue weighted by Crippen LogP contribution is 2.30. The Kier molecular flexibility index (Phi) is 4.87. The van der Waals surface area contributed by atoms with Gasteiger partial charge in [0, 0.05) is 24.1 Å². The van der Waals surface area contributed by atoms with Crippen LogP contribution < -0.4 is 4.74 Å². The molecule has 2 heterocycles. The number of nitrogens with zero attached hydrogens (tertiary/aromatic N) is 3. The molecule has 0 amide bonds. The van der Waals surface area contributed by atoms with Crippen molar-refractivity contribution < 1.29 is 14.4 Å². The fourth-order valence-electron chi connectivity index (χ4n) is 3.28. The first-order chi connectivity index (χ1) is 11.5. The molecule has 0 spiro atoms. The average molecular weight is 331 g/mol. The van der Waals surface area contributed by atoms with E-state index < -0.39 is 0 Å². The van der Waals surface area contributed by atoms with Gasteiger partial charge >= 0.3 is 0 Å². The lowest BCUT2D eigenvalue weighted by molar-refractivity contribution is 0.0382. The monoisotopic (exact) mass is 331 g/mol. The Morgan fingerprint density at radius 1 is 1.42 bits per heavy atom. The number of piperidine rings is 1. The molecular formula is C18H25N3O3. The summed E-state index contributed by atoms with van der Waals surface area (Å²) in [6.07, 6.45) is 2.13. The largest absolute Gasteiger partial charge is 0.496 e. The van der Waals surface area contributed by atoms with E-state index in [4.69, 9.17) is 9.26 Å². The van der Waals surface area contributed by atoms with Gasteiger partial charge in [0.05, 0.1) is 13.7 Å². The maximum Gasteiger partial charge on any atom is 0.241 e. The van der Waals surface area contributed by atoms with Crippen LogP contribution in [0.4, 0.5) is 0 Å². The molecule has 0 radical (unpaired) electrons. The van der Waals surface area contributed by atoms with Crippen molar-refractivity contribution in [3.8, 4) is 17.1 Å². The summed E-state index contributed by atoms with van der Waals surface area (Å²) >= 11 is 0. The van der Waals surface area contributed by atoms with Crippen molar-refractivity contribution in [3.63, 3.8) is 0 Å². The zero-order valence-electron chi connectivity index (χ0n) is 14.6. The van der Waals surface area contributed by atoms with Gasteiger partial charge in [0.2, 0.25) is 11.7 Å². The fourth-order valence-corrected chi connectivity index (χ4v) is 3.28. The molecule has 1 fully saturated rings. The van der Waals surface area contributed by atoms with Crippen molar-refractivity contribution in [2.24, 2.45) is 5.41 Å². The second-order valence-electron chi connectivity index (χ2n) is 6.98. The van der Waals surface area contributed by atoms with E-state index in [2.05, 4.69) is 22.0 Å². The zero-order chi connectivity index (χ0) is 17.2. The lowest BCUT2D eigenvalue weighted by atomic mass is 9.83. The minimum absolute atomic E-state index is 0.0363. The molecule has 6 heteroatoms. The predicted molar refractivity (Wildman–Crippen MR) is 90.7 cm³/mol. The second kappa shape index (κ2) is 6.91. The molecular weight excluding hydrogens is 306 g/mol. The standard InChI is InChI=1S/C18H25N3O3/c1-13-5-6-14(9-15(13)23-3)17-19-16(24-20-17)10-21-8-4-7-18(2,11-21)12-22/h5-6,9,22H,4,7-8,10-12H2,1-3H3. The molecule has 1 unspecified atom stereocenters. The molecule has 1 aliphatic heterocycles. The number of aromatic nitrogens is 2. The lowest BCUT2D eigenvalue weighted by Gasteiger charge is -2.38. The summed E-state index contributed by atoms with van der Waals surface area (Å²) in [5.41, 5.74) is 1.92. The van der Waals surface area contributed by atoms with Crippen LogP contribution in [-0.2, 0) is 6.54 Å². The summed E-state index contributed by atoms with van der Waals surface area (Å²) < 4.78 is 10.8. The molecule has 6 nitrogen and oxygen atoms in total. The fraction of sp³-hybridized carbons (Fsp3) is 0.556. The van der Waals surface area contributed by atoms with E-state index in [0.717, 1.165) is 42.8 Å². The Morgan fingerprint density at radius 2 is 2.25 bits per heavy atom. The molecule has 3 rings (SSSR count). The Labute approximate surface area is 142 Å². The van der Waals surface area contributed by atoms with Gasteiger partial charge in [-0.3, -0.25) is 4.90 Å². The van der Waals surface area contributed by atoms with Gasteiger partial charge in [-0.2, -0.15) is 4.98 Å². The van der Waals surface area contributed by atoms with E-state index in [1.807, 2.05) is 25.1 Å². The Hall–Kier alpha value is -1.92. The van der Waals surface area contributed by atoms with Gasteiger partial charge in [0.1, 0.15) is 5.75 Å². The highest BCUT2D eigenvalue weighted by Gasteiger charge is 2.31. The van der Waals surface area contributed by atoms with E-state index in [0.29, 0.717) is 18.3 Å². The number of ether oxygens (including phenoxy) is 1. The third-order valence-electron chi connectivity index (χ3n) is 4.73. The van der Waals surface area contributed by atoms with E-state index in [1.165, 1.54) is 0 Å². The first-order valence-electron chi connectivity index (χ1n) is 8.34. The number of aliphatic hydroxyl groups excluding tert-OH is 1. The third-order valence-corrected chi connectivity index (χ3v) is 4.73. The van der Waals surface area contributed by atoms with Gasteiger partial charge in [-0.05, 0) is 37.9 Å². The lowest BCUT2D eigenvalue weighted by Crippen LogP contribution is -2.43. The molecule has 2 aromatic rings. The van der Waals surface area contributed by atoms with Crippen molar-refractivity contribution in [3.05, 3.63) is 29.7 Å². The maximum atomic E-state index is 9.57. The van der Waals surface area contributed by atoms with Gasteiger partial charge in [-0.1, -0.05) is 24.2 Å². The van der Waals surface area contributed by atoms with Crippen LogP contribution in [0.2, 0.25) is 0 Å². The second-order valence-corrected chi connectivity index (χ2v) is 6.98. The number of methoxy groups -OCH3 is 1. The van der Waals surface area contributed by atoms with Gasteiger partial charge in [-0.15, -0.1) is 0 Å². The smallest absolute Gasteiger partial charge is 0.241 e. The van der Waals surface area contributed by atoms with Crippen LogP contribution in [0.1, 0.15) is 31.2 Å². The summed E-state index contributed by atoms with van der Waals surface area (Å²) in [5.74, 6) is 1.99. The highest BCUT2D eigenvalue weighted by molar-refractivity contribution is 5.58. The summed E-state index contributed by atoms with van der Waals surface area (Å²) in [4.78, 5) is 6.79. The molecule has 1 aliphatic rings. The number of benzene rings is 1. The molecule has 0 saturated carbocycles. The Morgan fingerprint density at radius 3 is 3.00 bits per heavy atom. The Balaban J connectivity index is 1.72. The van der Waals surface area contributed by atoms with Crippen molar-refractivity contribution in [1.82, 2.24) is 15.0 Å². The van der Waals surface area contributed by atoms with Crippen LogP contribution in [0.25, 0.3) is 11.4 Å². The summed E-state index contributed by atoms with van der Waals surface area (Å²) in [6.45, 7) is 6.79. The summed E-state index contributed by atoms with van der Waals surface area (Å²) in [7, 11) is 1.66. The molecule has 0 bridgehead atoms. The normalized spacial score (nSPS) is 21.8. The first kappa shape index (κ1) is 16.9. The number of rotatable bonds is 5. The van der Waals surface area contributed by atoms with E-state index in [-0.39, 0.29) is 12.0 Å². The van der Waals surface area contributed by atoms with Gasteiger partial charge in [-0.25, -0.2) is 0 Å². The van der Waals surface area contributed by atoms with Crippen molar-refractivity contribution >= 4 is 0 Å². The van der Waals surface area contributed by atoms with Crippen LogP contribution in [-0.4, -0.2) is 47.0 Å². The number of hydrogen-bond donors (Lipinski definition) is 1. The van der Waals surface area contributed by atoms with Crippen molar-refractivity contribution in [2.45, 2.75) is 33.2 Å². The van der Waals surface area contributed by atoms with Crippen LogP contribution >= 0.6 is 0 Å². The number of aliphatic hydroxyl groups is 1. The Bertz CT molecular complexity index is 701. The topological polar surface area (TPSA) is 71.6 Å². The van der Waals surface area contributed by atoms with Gasteiger partial charge in [0.15, 0.2) is 0 Å². The summed E-state index contributed by atoms with van der Waals surface area (Å²) in [6, 6.07) is 5.88. The zero-order valence-corrected chi connectivity index (χ0v) is 14.6. The molecule has 1 aromatic carbocycles. The molecule has 130 valence electrons. The number of likely N-dealkylation sites (tertiary alicyclic amines) is 1. The van der Waals surface area contributed by atoms with E-state index >= 15 is 0 Å². The number of hydrogen-bond acceptors (Lipinski definition) is 6. The molecule has 1 saturated heterocycles.